The summed E-state index contributed by atoms with van der Waals surface area (Å²) in [6, 6.07) is 8.36. The molecule has 0 radical (unpaired) electrons. The monoisotopic (exact) mass is 871 g/mol. The summed E-state index contributed by atoms with van der Waals surface area (Å²) < 4.78 is 36.9. The van der Waals surface area contributed by atoms with Crippen molar-refractivity contribution in [2.24, 2.45) is 23.2 Å². The van der Waals surface area contributed by atoms with E-state index in [0.717, 1.165) is 0 Å². The van der Waals surface area contributed by atoms with E-state index in [1.165, 1.54) is 13.0 Å². The molecule has 0 amide bonds. The van der Waals surface area contributed by atoms with E-state index in [-0.39, 0.29) is 53.7 Å². The first-order chi connectivity index (χ1) is 30.0. The van der Waals surface area contributed by atoms with Crippen molar-refractivity contribution in [3.8, 4) is 0 Å². The molecule has 0 spiro atoms. The number of nitrogens with zero attached hydrogens (tertiary/aromatic N) is 3. The standard InChI is InChI=1S/C48H61N3O12/c1-8-25(3)58-44(54)33-18-27-15-31(21-34(33)49(27)5)61-45(55)41-40(26-12-10-9-11-13-26)42-46(56)62-37-19-29-17-32(23-35(37)50(29)6)60-43(53)24(2)14-39(52)59-30-16-28-20-38(36(22-30)51(28)7)63-47(57)48(41,42)4/h8-14,27-38,40-42H,15-23H2,1-7H3/b24-14-,25-8-/t27-,28-,29+,30-,31-,32-,33-,34+,35-,36+,37+,38-,40-,41+,42-,48+/m0/s1. The maximum atomic E-state index is 15.2. The van der Waals surface area contributed by atoms with Gasteiger partial charge in [-0.15, -0.1) is 0 Å². The normalized spacial score (nSPS) is 42.8. The third kappa shape index (κ3) is 7.69. The number of allylic oxidation sites excluding steroid dienone is 2. The number of carbonyl (C=O) groups excluding carboxylic acids is 6. The second-order valence-corrected chi connectivity index (χ2v) is 19.8. The van der Waals surface area contributed by atoms with Crippen LogP contribution in [0.4, 0.5) is 0 Å². The van der Waals surface area contributed by atoms with E-state index in [1.54, 1.807) is 19.9 Å². The van der Waals surface area contributed by atoms with Crippen LogP contribution in [0.5, 0.6) is 0 Å². The lowest BCUT2D eigenvalue weighted by atomic mass is 9.45. The maximum Gasteiger partial charge on any atom is 0.334 e. The molecule has 6 saturated heterocycles. The number of ether oxygens (including phenoxy) is 6. The molecule has 8 aliphatic rings. The number of likely N-dealkylation sites (N-methyl/N-ethyl adjacent to an activating group) is 2. The molecule has 15 heteroatoms. The quantitative estimate of drug-likeness (QED) is 0.234. The molecule has 340 valence electrons. The molecule has 15 nitrogen and oxygen atoms in total. The minimum Gasteiger partial charge on any atom is -0.462 e. The van der Waals surface area contributed by atoms with E-state index in [4.69, 9.17) is 28.4 Å². The summed E-state index contributed by atoms with van der Waals surface area (Å²) >= 11 is 0. The minimum atomic E-state index is -1.68. The molecule has 63 heavy (non-hydrogen) atoms. The number of hydrogen-bond donors (Lipinski definition) is 0. The molecule has 1 aromatic carbocycles. The van der Waals surface area contributed by atoms with E-state index >= 15 is 9.59 Å². The predicted octanol–water partition coefficient (Wildman–Crippen LogP) is 4.22. The number of fused-ring (bicyclic) bond motifs is 7. The smallest absolute Gasteiger partial charge is 0.334 e. The number of carbonyl (C=O) groups is 6. The van der Waals surface area contributed by atoms with Crippen LogP contribution in [0.2, 0.25) is 0 Å². The highest BCUT2D eigenvalue weighted by atomic mass is 16.6. The highest BCUT2D eigenvalue weighted by Gasteiger charge is 2.72. The molecule has 1 aliphatic carbocycles. The van der Waals surface area contributed by atoms with Crippen LogP contribution >= 0.6 is 0 Å². The summed E-state index contributed by atoms with van der Waals surface area (Å²) in [5.41, 5.74) is -0.842. The lowest BCUT2D eigenvalue weighted by molar-refractivity contribution is -0.210. The van der Waals surface area contributed by atoms with Crippen LogP contribution in [0.1, 0.15) is 97.0 Å². The number of hydrogen-bond acceptors (Lipinski definition) is 15. The molecule has 7 heterocycles. The second-order valence-electron chi connectivity index (χ2n) is 19.8. The third-order valence-corrected chi connectivity index (χ3v) is 16.4. The first-order valence-corrected chi connectivity index (χ1v) is 22.8. The van der Waals surface area contributed by atoms with E-state index in [0.29, 0.717) is 69.1 Å². The average molecular weight is 872 g/mol. The molecule has 1 saturated carbocycles. The molecule has 16 atom stereocenters. The fraction of sp³-hybridized carbons (Fsp3) is 0.667. The van der Waals surface area contributed by atoms with Gasteiger partial charge in [-0.2, -0.15) is 0 Å². The summed E-state index contributed by atoms with van der Waals surface area (Å²) in [7, 11) is 5.91. The van der Waals surface area contributed by atoms with Crippen LogP contribution in [0.25, 0.3) is 0 Å². The minimum absolute atomic E-state index is 0.0154. The topological polar surface area (TPSA) is 168 Å². The van der Waals surface area contributed by atoms with Crippen LogP contribution in [0.3, 0.4) is 0 Å². The van der Waals surface area contributed by atoms with Gasteiger partial charge in [0.15, 0.2) is 0 Å². The fourth-order valence-corrected chi connectivity index (χ4v) is 12.8. The Kier molecular flexibility index (Phi) is 11.6. The summed E-state index contributed by atoms with van der Waals surface area (Å²) in [4.78, 5) is 91.3. The molecule has 9 rings (SSSR count). The predicted molar refractivity (Wildman–Crippen MR) is 224 cm³/mol. The van der Waals surface area contributed by atoms with Crippen molar-refractivity contribution < 1.29 is 57.2 Å². The lowest BCUT2D eigenvalue weighted by Gasteiger charge is -2.55. The van der Waals surface area contributed by atoms with Crippen molar-refractivity contribution in [3.63, 3.8) is 0 Å². The van der Waals surface area contributed by atoms with Crippen LogP contribution in [0, 0.1) is 23.2 Å². The Hall–Kier alpha value is -4.60. The van der Waals surface area contributed by atoms with Crippen LogP contribution in [0.15, 0.2) is 53.8 Å². The van der Waals surface area contributed by atoms with Gasteiger partial charge < -0.3 is 28.4 Å². The number of benzene rings is 1. The Morgan fingerprint density at radius 2 is 1.33 bits per heavy atom. The summed E-state index contributed by atoms with van der Waals surface area (Å²) in [5, 5.41) is 0. The number of rotatable bonds is 5. The third-order valence-electron chi connectivity index (χ3n) is 16.4. The average Bonchev–Trinajstić information content (AvgIpc) is 3.58. The van der Waals surface area contributed by atoms with E-state index in [2.05, 4.69) is 14.7 Å². The highest BCUT2D eigenvalue weighted by Crippen LogP contribution is 2.63. The van der Waals surface area contributed by atoms with Crippen molar-refractivity contribution in [1.29, 1.82) is 0 Å². The number of esters is 6. The van der Waals surface area contributed by atoms with Gasteiger partial charge in [0.25, 0.3) is 0 Å². The zero-order valence-corrected chi connectivity index (χ0v) is 37.3. The van der Waals surface area contributed by atoms with E-state index in [1.807, 2.05) is 58.4 Å². The molecule has 7 aliphatic heterocycles. The Morgan fingerprint density at radius 3 is 1.98 bits per heavy atom. The molecule has 7 fully saturated rings. The van der Waals surface area contributed by atoms with Crippen molar-refractivity contribution in [2.45, 2.75) is 158 Å². The summed E-state index contributed by atoms with van der Waals surface area (Å²) in [6.07, 6.45) is 4.56. The largest absolute Gasteiger partial charge is 0.462 e. The van der Waals surface area contributed by atoms with Crippen molar-refractivity contribution in [2.75, 3.05) is 21.1 Å². The van der Waals surface area contributed by atoms with Gasteiger partial charge in [-0.25, -0.2) is 9.59 Å². The highest BCUT2D eigenvalue weighted by molar-refractivity contribution is 5.97. The van der Waals surface area contributed by atoms with Gasteiger partial charge in [0.05, 0.1) is 35.3 Å². The van der Waals surface area contributed by atoms with Gasteiger partial charge in [0.1, 0.15) is 36.3 Å². The molecule has 0 aromatic heterocycles. The SMILES string of the molecule is C/C=C(/C)OC(=O)[C@H]1C[C@@H]2C[C@H](OC(=O)[C@H]3[C@H](c4ccccc4)[C@H]4C(=O)O[C@@H]5C[C@H]6C[C@@H](C[C@@H]5N6C)OC(=O)/C(C)=C\C(=O)O[C@H]5C[C@H]6C[C@H](OC(=O)[C@@]43C)[C@@H](C5)N6C)C[C@H]1N2C. The maximum absolute atomic E-state index is 15.2. The first-order valence-electron chi connectivity index (χ1n) is 22.8. The second kappa shape index (κ2) is 16.8. The Balaban J connectivity index is 1.04. The van der Waals surface area contributed by atoms with Gasteiger partial charge in [-0.3, -0.25) is 33.9 Å². The Morgan fingerprint density at radius 1 is 0.730 bits per heavy atom. The molecule has 8 bridgehead atoms. The number of piperidine rings is 3. The Labute approximate surface area is 368 Å². The molecular weight excluding hydrogens is 811 g/mol. The van der Waals surface area contributed by atoms with Crippen molar-refractivity contribution in [3.05, 3.63) is 59.4 Å². The fourth-order valence-electron chi connectivity index (χ4n) is 12.8. The lowest BCUT2D eigenvalue weighted by Crippen LogP contribution is -2.65. The molecule has 0 unspecified atom stereocenters. The van der Waals surface area contributed by atoms with Crippen molar-refractivity contribution in [1.82, 2.24) is 14.7 Å². The zero-order chi connectivity index (χ0) is 44.6. The van der Waals surface area contributed by atoms with E-state index < -0.39 is 83.5 Å². The van der Waals surface area contributed by atoms with Crippen molar-refractivity contribution >= 4 is 35.8 Å². The Bertz CT molecular complexity index is 2090. The van der Waals surface area contributed by atoms with Gasteiger partial charge in [-0.05, 0) is 66.9 Å². The zero-order valence-electron chi connectivity index (χ0n) is 37.3. The van der Waals surface area contributed by atoms with Gasteiger partial charge in [0, 0.05) is 93.1 Å². The molecule has 0 N–H and O–H groups in total. The van der Waals surface area contributed by atoms with Gasteiger partial charge >= 0.3 is 35.8 Å². The summed E-state index contributed by atoms with van der Waals surface area (Å²) in [6.45, 7) is 6.74. The van der Waals surface area contributed by atoms with Gasteiger partial charge in [-0.1, -0.05) is 30.3 Å². The van der Waals surface area contributed by atoms with Crippen LogP contribution in [-0.2, 0) is 57.2 Å². The first kappa shape index (κ1) is 43.6. The van der Waals surface area contributed by atoms with Crippen LogP contribution in [-0.4, -0.2) is 138 Å². The summed E-state index contributed by atoms with van der Waals surface area (Å²) in [5.74, 6) is -6.22. The van der Waals surface area contributed by atoms with Gasteiger partial charge in [0.2, 0.25) is 0 Å². The van der Waals surface area contributed by atoms with E-state index in [9.17, 15) is 19.2 Å². The molecule has 1 aromatic rings. The molecular formula is C48H61N3O12. The van der Waals surface area contributed by atoms with Crippen LogP contribution < -0.4 is 0 Å².